The van der Waals surface area contributed by atoms with Gasteiger partial charge >= 0.3 is 0 Å². The molecule has 0 aliphatic carbocycles. The molecule has 2 heterocycles. The average molecular weight is 276 g/mol. The lowest BCUT2D eigenvalue weighted by Crippen LogP contribution is -2.16. The molecule has 2 N–H and O–H groups in total. The standard InChI is InChI=1S/C14H20N4S/c1-3-6-12-13(9-15)19-14(17-12)18(2)10-11-7-4-5-8-16-11/h4-5,7-8H,3,6,9-10,15H2,1-2H3. The van der Waals surface area contributed by atoms with E-state index in [2.05, 4.69) is 16.8 Å². The van der Waals surface area contributed by atoms with Gasteiger partial charge in [-0.25, -0.2) is 4.98 Å². The van der Waals surface area contributed by atoms with Crippen LogP contribution in [0, 0.1) is 0 Å². The molecule has 0 aliphatic rings. The van der Waals surface area contributed by atoms with Crippen molar-refractivity contribution in [2.24, 2.45) is 5.73 Å². The highest BCUT2D eigenvalue weighted by Gasteiger charge is 2.13. The summed E-state index contributed by atoms with van der Waals surface area (Å²) in [6.45, 7) is 3.51. The molecule has 0 spiro atoms. The maximum Gasteiger partial charge on any atom is 0.185 e. The molecule has 2 aromatic heterocycles. The third-order valence-electron chi connectivity index (χ3n) is 2.89. The molecule has 2 aromatic rings. The maximum absolute atomic E-state index is 5.79. The lowest BCUT2D eigenvalue weighted by atomic mass is 10.2. The largest absolute Gasteiger partial charge is 0.345 e. The van der Waals surface area contributed by atoms with Crippen LogP contribution in [-0.2, 0) is 19.5 Å². The van der Waals surface area contributed by atoms with Gasteiger partial charge in [0, 0.05) is 24.7 Å². The van der Waals surface area contributed by atoms with Gasteiger partial charge in [0.25, 0.3) is 0 Å². The molecule has 0 aliphatic heterocycles. The first-order chi connectivity index (χ1) is 9.24. The van der Waals surface area contributed by atoms with Crippen LogP contribution in [-0.4, -0.2) is 17.0 Å². The number of anilines is 1. The van der Waals surface area contributed by atoms with Crippen molar-refractivity contribution in [2.45, 2.75) is 32.9 Å². The molecule has 0 unspecified atom stereocenters. The smallest absolute Gasteiger partial charge is 0.185 e. The minimum atomic E-state index is 0.574. The van der Waals surface area contributed by atoms with Crippen molar-refractivity contribution < 1.29 is 0 Å². The van der Waals surface area contributed by atoms with E-state index in [9.17, 15) is 0 Å². The molecule has 0 saturated carbocycles. The van der Waals surface area contributed by atoms with Crippen LogP contribution in [0.15, 0.2) is 24.4 Å². The first-order valence-corrected chi connectivity index (χ1v) is 7.36. The Bertz CT molecular complexity index is 509. The lowest BCUT2D eigenvalue weighted by Gasteiger charge is -2.14. The van der Waals surface area contributed by atoms with Crippen molar-refractivity contribution in [3.63, 3.8) is 0 Å². The molecule has 0 radical (unpaired) electrons. The third kappa shape index (κ3) is 3.52. The van der Waals surface area contributed by atoms with Crippen LogP contribution in [0.4, 0.5) is 5.13 Å². The highest BCUT2D eigenvalue weighted by molar-refractivity contribution is 7.15. The van der Waals surface area contributed by atoms with Crippen molar-refractivity contribution >= 4 is 16.5 Å². The molecule has 0 atom stereocenters. The van der Waals surface area contributed by atoms with Crippen molar-refractivity contribution in [3.8, 4) is 0 Å². The van der Waals surface area contributed by atoms with Crippen molar-refractivity contribution in [3.05, 3.63) is 40.7 Å². The van der Waals surface area contributed by atoms with Crippen LogP contribution in [0.5, 0.6) is 0 Å². The Morgan fingerprint density at radius 1 is 1.37 bits per heavy atom. The fraction of sp³-hybridized carbons (Fsp3) is 0.429. The Balaban J connectivity index is 2.12. The van der Waals surface area contributed by atoms with Crippen LogP contribution in [0.3, 0.4) is 0 Å². The van der Waals surface area contributed by atoms with E-state index in [1.165, 1.54) is 4.88 Å². The molecule has 2 rings (SSSR count). The number of rotatable bonds is 6. The number of pyridine rings is 1. The number of hydrogen-bond donors (Lipinski definition) is 1. The van der Waals surface area contributed by atoms with E-state index in [-0.39, 0.29) is 0 Å². The SMILES string of the molecule is CCCc1nc(N(C)Cc2ccccn2)sc1CN. The zero-order valence-electron chi connectivity index (χ0n) is 11.5. The molecule has 0 fully saturated rings. The van der Waals surface area contributed by atoms with Crippen LogP contribution in [0.25, 0.3) is 0 Å². The molecule has 0 aromatic carbocycles. The maximum atomic E-state index is 5.79. The van der Waals surface area contributed by atoms with Gasteiger partial charge in [-0.1, -0.05) is 19.4 Å². The number of thiazole rings is 1. The normalized spacial score (nSPS) is 10.7. The summed E-state index contributed by atoms with van der Waals surface area (Å²) in [5.41, 5.74) is 7.99. The second-order valence-electron chi connectivity index (χ2n) is 4.50. The molecular formula is C14H20N4S. The zero-order valence-corrected chi connectivity index (χ0v) is 12.3. The van der Waals surface area contributed by atoms with Gasteiger partial charge in [-0.15, -0.1) is 11.3 Å². The van der Waals surface area contributed by atoms with Crippen LogP contribution in [0.1, 0.15) is 29.6 Å². The minimum absolute atomic E-state index is 0.574. The van der Waals surface area contributed by atoms with Crippen LogP contribution < -0.4 is 10.6 Å². The molecule has 0 amide bonds. The van der Waals surface area contributed by atoms with E-state index >= 15 is 0 Å². The molecule has 5 heteroatoms. The van der Waals surface area contributed by atoms with Crippen LogP contribution >= 0.6 is 11.3 Å². The summed E-state index contributed by atoms with van der Waals surface area (Å²) in [5.74, 6) is 0. The fourth-order valence-corrected chi connectivity index (χ4v) is 2.87. The minimum Gasteiger partial charge on any atom is -0.345 e. The van der Waals surface area contributed by atoms with E-state index < -0.39 is 0 Å². The van der Waals surface area contributed by atoms with Gasteiger partial charge in [-0.05, 0) is 18.6 Å². The predicted octanol–water partition coefficient (Wildman–Crippen LogP) is 2.59. The Kier molecular flexibility index (Phi) is 4.87. The van der Waals surface area contributed by atoms with Gasteiger partial charge in [0.05, 0.1) is 17.9 Å². The number of aromatic nitrogens is 2. The average Bonchev–Trinajstić information content (AvgIpc) is 2.83. The highest BCUT2D eigenvalue weighted by Crippen LogP contribution is 2.27. The second-order valence-corrected chi connectivity index (χ2v) is 5.56. The van der Waals surface area contributed by atoms with Crippen molar-refractivity contribution in [2.75, 3.05) is 11.9 Å². The molecular weight excluding hydrogens is 256 g/mol. The summed E-state index contributed by atoms with van der Waals surface area (Å²) in [4.78, 5) is 12.4. The van der Waals surface area contributed by atoms with Gasteiger partial charge in [0.1, 0.15) is 0 Å². The second kappa shape index (κ2) is 6.63. The molecule has 4 nitrogen and oxygen atoms in total. The topological polar surface area (TPSA) is 55.0 Å². The number of nitrogens with zero attached hydrogens (tertiary/aromatic N) is 3. The Hall–Kier alpha value is -1.46. The summed E-state index contributed by atoms with van der Waals surface area (Å²) < 4.78 is 0. The highest BCUT2D eigenvalue weighted by atomic mass is 32.1. The van der Waals surface area contributed by atoms with Gasteiger partial charge in [0.15, 0.2) is 5.13 Å². The van der Waals surface area contributed by atoms with E-state index in [0.717, 1.165) is 35.9 Å². The Morgan fingerprint density at radius 3 is 2.84 bits per heavy atom. The van der Waals surface area contributed by atoms with Crippen molar-refractivity contribution in [1.29, 1.82) is 0 Å². The number of aryl methyl sites for hydroxylation is 1. The number of hydrogen-bond acceptors (Lipinski definition) is 5. The van der Waals surface area contributed by atoms with Crippen molar-refractivity contribution in [1.82, 2.24) is 9.97 Å². The quantitative estimate of drug-likeness (QED) is 0.881. The third-order valence-corrected chi connectivity index (χ3v) is 4.13. The summed E-state index contributed by atoms with van der Waals surface area (Å²) in [6.07, 6.45) is 3.92. The predicted molar refractivity (Wildman–Crippen MR) is 80.3 cm³/mol. The fourth-order valence-electron chi connectivity index (χ4n) is 1.93. The zero-order chi connectivity index (χ0) is 13.7. The monoisotopic (exact) mass is 276 g/mol. The summed E-state index contributed by atoms with van der Waals surface area (Å²) in [6, 6.07) is 5.96. The Labute approximate surface area is 118 Å². The van der Waals surface area contributed by atoms with E-state index in [1.807, 2.05) is 31.4 Å². The summed E-state index contributed by atoms with van der Waals surface area (Å²) >= 11 is 1.69. The summed E-state index contributed by atoms with van der Waals surface area (Å²) in [5, 5.41) is 1.02. The summed E-state index contributed by atoms with van der Waals surface area (Å²) in [7, 11) is 2.05. The van der Waals surface area contributed by atoms with E-state index in [1.54, 1.807) is 11.3 Å². The first-order valence-electron chi connectivity index (χ1n) is 6.54. The molecule has 0 saturated heterocycles. The van der Waals surface area contributed by atoms with E-state index in [4.69, 9.17) is 10.7 Å². The Morgan fingerprint density at radius 2 is 2.21 bits per heavy atom. The first kappa shape index (κ1) is 14.0. The molecule has 0 bridgehead atoms. The van der Waals surface area contributed by atoms with Gasteiger partial charge in [-0.2, -0.15) is 0 Å². The van der Waals surface area contributed by atoms with Gasteiger partial charge in [-0.3, -0.25) is 4.98 Å². The lowest BCUT2D eigenvalue weighted by molar-refractivity contribution is 0.845. The van der Waals surface area contributed by atoms with Gasteiger partial charge in [0.2, 0.25) is 0 Å². The molecule has 19 heavy (non-hydrogen) atoms. The number of nitrogens with two attached hydrogens (primary N) is 1. The molecule has 102 valence electrons. The van der Waals surface area contributed by atoms with Gasteiger partial charge < -0.3 is 10.6 Å². The van der Waals surface area contributed by atoms with Crippen LogP contribution in [0.2, 0.25) is 0 Å². The van der Waals surface area contributed by atoms with E-state index in [0.29, 0.717) is 6.54 Å².